The Kier molecular flexibility index (Phi) is 6.93. The van der Waals surface area contributed by atoms with Gasteiger partial charge >= 0.3 is 0 Å². The van der Waals surface area contributed by atoms with Crippen molar-refractivity contribution in [1.82, 2.24) is 0 Å². The predicted octanol–water partition coefficient (Wildman–Crippen LogP) is 3.77. The van der Waals surface area contributed by atoms with Crippen molar-refractivity contribution in [2.24, 2.45) is 0 Å². The quantitative estimate of drug-likeness (QED) is 0.536. The lowest BCUT2D eigenvalue weighted by Crippen LogP contribution is -2.06. The van der Waals surface area contributed by atoms with E-state index in [0.29, 0.717) is 0 Å². The standard InChI is InChI=1S/C19H28O2Si2/c1-14-8-5-10-18(16(14)3)20-22-12-7-13-23-21-19-11-6-9-15(2)17(19)4/h5-6,8-11H,7,12-13,22-23H2,1-4H3. The van der Waals surface area contributed by atoms with Gasteiger partial charge in [0.05, 0.1) is 0 Å². The summed E-state index contributed by atoms with van der Waals surface area (Å²) in [6.45, 7) is 8.56. The Morgan fingerprint density at radius 3 is 1.57 bits per heavy atom. The van der Waals surface area contributed by atoms with Crippen LogP contribution in [-0.4, -0.2) is 19.5 Å². The fourth-order valence-corrected chi connectivity index (χ4v) is 5.68. The molecule has 0 heterocycles. The van der Waals surface area contributed by atoms with Gasteiger partial charge in [-0.2, -0.15) is 0 Å². The summed E-state index contributed by atoms with van der Waals surface area (Å²) < 4.78 is 12.1. The lowest BCUT2D eigenvalue weighted by molar-refractivity contribution is 0.576. The second-order valence-corrected chi connectivity index (χ2v) is 8.96. The van der Waals surface area contributed by atoms with Crippen LogP contribution >= 0.6 is 0 Å². The summed E-state index contributed by atoms with van der Waals surface area (Å²) in [4.78, 5) is 0. The molecular weight excluding hydrogens is 316 g/mol. The zero-order valence-electron chi connectivity index (χ0n) is 14.8. The van der Waals surface area contributed by atoms with E-state index in [-0.39, 0.29) is 0 Å². The Labute approximate surface area is 145 Å². The third-order valence-corrected chi connectivity index (χ3v) is 7.02. The van der Waals surface area contributed by atoms with Gasteiger partial charge in [-0.05, 0) is 74.2 Å². The summed E-state index contributed by atoms with van der Waals surface area (Å²) in [6, 6.07) is 15.1. The van der Waals surface area contributed by atoms with Crippen molar-refractivity contribution in [3.05, 3.63) is 58.7 Å². The minimum Gasteiger partial charge on any atom is -0.549 e. The predicted molar refractivity (Wildman–Crippen MR) is 104 cm³/mol. The van der Waals surface area contributed by atoms with E-state index in [1.54, 1.807) is 0 Å². The fraction of sp³-hybridized carbons (Fsp3) is 0.368. The molecule has 23 heavy (non-hydrogen) atoms. The Balaban J connectivity index is 1.63. The maximum Gasteiger partial charge on any atom is 0.219 e. The molecule has 0 bridgehead atoms. The van der Waals surface area contributed by atoms with Gasteiger partial charge in [0.15, 0.2) is 0 Å². The summed E-state index contributed by atoms with van der Waals surface area (Å²) in [5, 5.41) is 0. The van der Waals surface area contributed by atoms with Crippen LogP contribution in [0.2, 0.25) is 12.1 Å². The average molecular weight is 345 g/mol. The minimum atomic E-state index is -0.463. The highest BCUT2D eigenvalue weighted by Gasteiger charge is 2.03. The van der Waals surface area contributed by atoms with Gasteiger partial charge in [0.25, 0.3) is 0 Å². The molecule has 0 aliphatic rings. The number of rotatable bonds is 8. The molecule has 0 N–H and O–H groups in total. The van der Waals surface area contributed by atoms with Crippen molar-refractivity contribution in [3.8, 4) is 11.5 Å². The molecule has 2 nitrogen and oxygen atoms in total. The first-order valence-electron chi connectivity index (χ1n) is 8.47. The van der Waals surface area contributed by atoms with E-state index in [1.165, 1.54) is 40.8 Å². The number of benzene rings is 2. The van der Waals surface area contributed by atoms with E-state index < -0.39 is 19.5 Å². The molecular formula is C19H28O2Si2. The van der Waals surface area contributed by atoms with Crippen LogP contribution in [0.1, 0.15) is 28.7 Å². The van der Waals surface area contributed by atoms with Crippen molar-refractivity contribution in [1.29, 1.82) is 0 Å². The van der Waals surface area contributed by atoms with Gasteiger partial charge in [0.2, 0.25) is 19.5 Å². The molecule has 0 atom stereocenters. The zero-order valence-corrected chi connectivity index (χ0v) is 17.6. The number of hydrogen-bond donors (Lipinski definition) is 0. The minimum absolute atomic E-state index is 0.463. The maximum atomic E-state index is 6.03. The van der Waals surface area contributed by atoms with Crippen LogP contribution in [0.3, 0.4) is 0 Å². The summed E-state index contributed by atoms with van der Waals surface area (Å²) in [5.74, 6) is 2.17. The summed E-state index contributed by atoms with van der Waals surface area (Å²) in [6.07, 6.45) is 1.24. The Hall–Kier alpha value is -1.53. The summed E-state index contributed by atoms with van der Waals surface area (Å²) >= 11 is 0. The van der Waals surface area contributed by atoms with Crippen LogP contribution in [0.15, 0.2) is 36.4 Å². The summed E-state index contributed by atoms with van der Waals surface area (Å²) in [5.41, 5.74) is 5.19. The van der Waals surface area contributed by atoms with Gasteiger partial charge < -0.3 is 8.85 Å². The van der Waals surface area contributed by atoms with Crippen molar-refractivity contribution in [2.45, 2.75) is 46.2 Å². The van der Waals surface area contributed by atoms with Gasteiger partial charge in [-0.25, -0.2) is 0 Å². The summed E-state index contributed by atoms with van der Waals surface area (Å²) in [7, 11) is -0.925. The van der Waals surface area contributed by atoms with E-state index >= 15 is 0 Å². The number of aryl methyl sites for hydroxylation is 2. The van der Waals surface area contributed by atoms with Crippen LogP contribution in [-0.2, 0) is 0 Å². The van der Waals surface area contributed by atoms with Crippen molar-refractivity contribution >= 4 is 19.5 Å². The highest BCUT2D eigenvalue weighted by atomic mass is 28.2. The molecule has 0 saturated heterocycles. The monoisotopic (exact) mass is 344 g/mol. The Morgan fingerprint density at radius 2 is 1.13 bits per heavy atom. The third kappa shape index (κ3) is 5.25. The molecule has 0 radical (unpaired) electrons. The van der Waals surface area contributed by atoms with Crippen LogP contribution in [0, 0.1) is 27.7 Å². The topological polar surface area (TPSA) is 18.5 Å². The zero-order chi connectivity index (χ0) is 16.7. The van der Waals surface area contributed by atoms with Crippen molar-refractivity contribution in [3.63, 3.8) is 0 Å². The van der Waals surface area contributed by atoms with E-state index in [4.69, 9.17) is 8.85 Å². The molecule has 2 aromatic carbocycles. The molecule has 0 aliphatic heterocycles. The first kappa shape index (κ1) is 17.8. The van der Waals surface area contributed by atoms with Crippen LogP contribution < -0.4 is 8.85 Å². The van der Waals surface area contributed by atoms with E-state index in [9.17, 15) is 0 Å². The second kappa shape index (κ2) is 8.94. The molecule has 0 aliphatic carbocycles. The van der Waals surface area contributed by atoms with E-state index in [0.717, 1.165) is 11.5 Å². The number of hydrogen-bond acceptors (Lipinski definition) is 2. The maximum absolute atomic E-state index is 6.03. The van der Waals surface area contributed by atoms with Crippen LogP contribution in [0.4, 0.5) is 0 Å². The lowest BCUT2D eigenvalue weighted by atomic mass is 10.1. The lowest BCUT2D eigenvalue weighted by Gasteiger charge is -2.12. The highest BCUT2D eigenvalue weighted by molar-refractivity contribution is 6.30. The molecule has 2 aromatic rings. The molecule has 0 spiro atoms. The first-order valence-corrected chi connectivity index (χ1v) is 11.6. The van der Waals surface area contributed by atoms with Gasteiger partial charge in [-0.3, -0.25) is 0 Å². The van der Waals surface area contributed by atoms with Crippen LogP contribution in [0.25, 0.3) is 0 Å². The van der Waals surface area contributed by atoms with Crippen molar-refractivity contribution < 1.29 is 8.85 Å². The molecule has 124 valence electrons. The molecule has 0 fully saturated rings. The van der Waals surface area contributed by atoms with E-state index in [1.807, 2.05) is 0 Å². The van der Waals surface area contributed by atoms with Crippen LogP contribution in [0.5, 0.6) is 11.5 Å². The third-order valence-electron chi connectivity index (χ3n) is 4.41. The SMILES string of the molecule is Cc1cccc(O[SiH2]CCC[SiH2]Oc2cccc(C)c2C)c1C. The van der Waals surface area contributed by atoms with E-state index in [2.05, 4.69) is 64.1 Å². The highest BCUT2D eigenvalue weighted by Crippen LogP contribution is 2.21. The van der Waals surface area contributed by atoms with Gasteiger partial charge in [-0.1, -0.05) is 30.7 Å². The van der Waals surface area contributed by atoms with Gasteiger partial charge in [0, 0.05) is 0 Å². The Morgan fingerprint density at radius 1 is 0.696 bits per heavy atom. The van der Waals surface area contributed by atoms with Gasteiger partial charge in [0.1, 0.15) is 11.5 Å². The Bertz CT molecular complexity index is 586. The molecule has 0 unspecified atom stereocenters. The molecule has 0 saturated carbocycles. The fourth-order valence-electron chi connectivity index (χ4n) is 2.51. The molecule has 2 rings (SSSR count). The molecule has 0 amide bonds. The largest absolute Gasteiger partial charge is 0.549 e. The molecule has 0 aromatic heterocycles. The second-order valence-electron chi connectivity index (χ2n) is 6.15. The van der Waals surface area contributed by atoms with Gasteiger partial charge in [-0.15, -0.1) is 0 Å². The smallest absolute Gasteiger partial charge is 0.219 e. The van der Waals surface area contributed by atoms with Crippen molar-refractivity contribution in [2.75, 3.05) is 0 Å². The average Bonchev–Trinajstić information content (AvgIpc) is 2.54. The first-order chi connectivity index (χ1) is 11.1. The molecule has 4 heteroatoms. The normalized spacial score (nSPS) is 11.7.